The zero-order valence-corrected chi connectivity index (χ0v) is 15.0. The van der Waals surface area contributed by atoms with Gasteiger partial charge >= 0.3 is 0 Å². The lowest BCUT2D eigenvalue weighted by molar-refractivity contribution is 0.208. The molecule has 1 aromatic rings. The third kappa shape index (κ3) is 5.44. The Bertz CT molecular complexity index is 401. The minimum atomic E-state index is 0.222. The van der Waals surface area contributed by atoms with E-state index in [0.29, 0.717) is 12.1 Å². The number of benzene rings is 1. The van der Waals surface area contributed by atoms with Crippen LogP contribution in [-0.4, -0.2) is 30.6 Å². The molecule has 0 aliphatic heterocycles. The van der Waals surface area contributed by atoms with E-state index in [4.69, 9.17) is 0 Å². The topological polar surface area (TPSA) is 15.3 Å². The Morgan fingerprint density at radius 1 is 1.05 bits per heavy atom. The van der Waals surface area contributed by atoms with Crippen molar-refractivity contribution in [2.75, 3.05) is 19.6 Å². The molecule has 2 nitrogen and oxygen atoms in total. The molecule has 0 spiro atoms. The van der Waals surface area contributed by atoms with Crippen LogP contribution < -0.4 is 5.32 Å². The van der Waals surface area contributed by atoms with Crippen molar-refractivity contribution < 1.29 is 0 Å². The number of rotatable bonds is 7. The maximum absolute atomic E-state index is 3.64. The quantitative estimate of drug-likeness (QED) is 0.802. The second kappa shape index (κ2) is 7.95. The molecule has 1 N–H and O–H groups in total. The molecule has 2 heteroatoms. The van der Waals surface area contributed by atoms with Crippen molar-refractivity contribution in [3.8, 4) is 0 Å². The molecule has 0 heterocycles. The molecule has 1 atom stereocenters. The molecule has 21 heavy (non-hydrogen) atoms. The van der Waals surface area contributed by atoms with Crippen molar-refractivity contribution in [2.24, 2.45) is 0 Å². The Kier molecular flexibility index (Phi) is 6.89. The summed E-state index contributed by atoms with van der Waals surface area (Å²) in [5.74, 6) is 0. The first-order valence-electron chi connectivity index (χ1n) is 8.37. The molecule has 1 aromatic carbocycles. The first-order chi connectivity index (χ1) is 9.79. The monoisotopic (exact) mass is 290 g/mol. The SMILES string of the molecule is CCNC(CN(CC)C(C)C)c1ccc(C(C)(C)C)cc1. The van der Waals surface area contributed by atoms with Gasteiger partial charge in [-0.25, -0.2) is 0 Å². The second-order valence-electron chi connectivity index (χ2n) is 7.16. The largest absolute Gasteiger partial charge is 0.309 e. The van der Waals surface area contributed by atoms with Crippen LogP contribution >= 0.6 is 0 Å². The summed E-state index contributed by atoms with van der Waals surface area (Å²) < 4.78 is 0. The summed E-state index contributed by atoms with van der Waals surface area (Å²) in [5, 5.41) is 3.64. The van der Waals surface area contributed by atoms with Crippen molar-refractivity contribution in [1.82, 2.24) is 10.2 Å². The van der Waals surface area contributed by atoms with E-state index in [1.54, 1.807) is 0 Å². The van der Waals surface area contributed by atoms with Gasteiger partial charge in [-0.15, -0.1) is 0 Å². The fourth-order valence-electron chi connectivity index (χ4n) is 2.69. The summed E-state index contributed by atoms with van der Waals surface area (Å²) >= 11 is 0. The van der Waals surface area contributed by atoms with Crippen LogP contribution in [-0.2, 0) is 5.41 Å². The minimum absolute atomic E-state index is 0.222. The summed E-state index contributed by atoms with van der Waals surface area (Å²) in [6, 6.07) is 10.2. The van der Waals surface area contributed by atoms with E-state index in [-0.39, 0.29) is 5.41 Å². The lowest BCUT2D eigenvalue weighted by atomic mass is 9.86. The molecule has 0 aliphatic carbocycles. The van der Waals surface area contributed by atoms with Gasteiger partial charge in [-0.05, 0) is 43.5 Å². The van der Waals surface area contributed by atoms with E-state index in [0.717, 1.165) is 19.6 Å². The standard InChI is InChI=1S/C19H34N2/c1-8-20-18(14-21(9-2)15(3)4)16-10-12-17(13-11-16)19(5,6)7/h10-13,15,18,20H,8-9,14H2,1-7H3. The van der Waals surface area contributed by atoms with Crippen LogP contribution in [0.2, 0.25) is 0 Å². The molecular weight excluding hydrogens is 256 g/mol. The predicted molar refractivity (Wildman–Crippen MR) is 93.9 cm³/mol. The van der Waals surface area contributed by atoms with Crippen molar-refractivity contribution in [3.63, 3.8) is 0 Å². The van der Waals surface area contributed by atoms with Gasteiger partial charge in [-0.2, -0.15) is 0 Å². The van der Waals surface area contributed by atoms with Crippen LogP contribution in [0.3, 0.4) is 0 Å². The summed E-state index contributed by atoms with van der Waals surface area (Å²) in [6.07, 6.45) is 0. The van der Waals surface area contributed by atoms with Crippen molar-refractivity contribution in [3.05, 3.63) is 35.4 Å². The highest BCUT2D eigenvalue weighted by Gasteiger charge is 2.18. The molecule has 0 aromatic heterocycles. The normalized spacial score (nSPS) is 14.0. The van der Waals surface area contributed by atoms with E-state index in [1.807, 2.05) is 0 Å². The molecule has 0 saturated carbocycles. The first-order valence-corrected chi connectivity index (χ1v) is 8.37. The van der Waals surface area contributed by atoms with Crippen LogP contribution in [0.5, 0.6) is 0 Å². The Morgan fingerprint density at radius 3 is 2.00 bits per heavy atom. The van der Waals surface area contributed by atoms with E-state index in [2.05, 4.69) is 82.9 Å². The van der Waals surface area contributed by atoms with Gasteiger partial charge in [0.1, 0.15) is 0 Å². The average Bonchev–Trinajstić information content (AvgIpc) is 2.42. The average molecular weight is 290 g/mol. The van der Waals surface area contributed by atoms with Crippen LogP contribution in [0, 0.1) is 0 Å². The zero-order chi connectivity index (χ0) is 16.0. The van der Waals surface area contributed by atoms with E-state index in [1.165, 1.54) is 11.1 Å². The Labute approximate surface area is 131 Å². The fraction of sp³-hybridized carbons (Fsp3) is 0.684. The third-order valence-electron chi connectivity index (χ3n) is 4.18. The molecule has 1 unspecified atom stereocenters. The van der Waals surface area contributed by atoms with Crippen molar-refractivity contribution in [2.45, 2.75) is 66.0 Å². The summed E-state index contributed by atoms with van der Waals surface area (Å²) in [7, 11) is 0. The summed E-state index contributed by atoms with van der Waals surface area (Å²) in [4.78, 5) is 2.52. The number of nitrogens with zero attached hydrogens (tertiary/aromatic N) is 1. The molecule has 0 aliphatic rings. The Morgan fingerprint density at radius 2 is 1.62 bits per heavy atom. The molecule has 0 fully saturated rings. The van der Waals surface area contributed by atoms with E-state index < -0.39 is 0 Å². The Balaban J connectivity index is 2.90. The zero-order valence-electron chi connectivity index (χ0n) is 15.0. The van der Waals surface area contributed by atoms with Crippen LogP contribution in [0.1, 0.15) is 65.6 Å². The van der Waals surface area contributed by atoms with Gasteiger partial charge in [0.15, 0.2) is 0 Å². The number of nitrogens with one attached hydrogen (secondary N) is 1. The number of hydrogen-bond donors (Lipinski definition) is 1. The van der Waals surface area contributed by atoms with Gasteiger partial charge in [0, 0.05) is 18.6 Å². The number of likely N-dealkylation sites (N-methyl/N-ethyl adjacent to an activating group) is 2. The smallest absolute Gasteiger partial charge is 0.0449 e. The lowest BCUT2D eigenvalue weighted by Gasteiger charge is -2.30. The van der Waals surface area contributed by atoms with Gasteiger partial charge in [0.25, 0.3) is 0 Å². The molecular formula is C19H34N2. The maximum Gasteiger partial charge on any atom is 0.0449 e. The predicted octanol–water partition coefficient (Wildman–Crippen LogP) is 4.37. The molecule has 1 rings (SSSR count). The molecule has 0 saturated heterocycles. The molecule has 0 amide bonds. The van der Waals surface area contributed by atoms with E-state index in [9.17, 15) is 0 Å². The van der Waals surface area contributed by atoms with Gasteiger partial charge in [-0.1, -0.05) is 58.9 Å². The first kappa shape index (κ1) is 18.2. The molecule has 0 radical (unpaired) electrons. The molecule has 0 bridgehead atoms. The highest BCUT2D eigenvalue weighted by atomic mass is 15.2. The third-order valence-corrected chi connectivity index (χ3v) is 4.18. The van der Waals surface area contributed by atoms with E-state index >= 15 is 0 Å². The highest BCUT2D eigenvalue weighted by Crippen LogP contribution is 2.24. The lowest BCUT2D eigenvalue weighted by Crippen LogP contribution is -2.39. The van der Waals surface area contributed by atoms with Crippen LogP contribution in [0.15, 0.2) is 24.3 Å². The maximum atomic E-state index is 3.64. The van der Waals surface area contributed by atoms with Gasteiger partial charge in [0.05, 0.1) is 0 Å². The summed E-state index contributed by atoms with van der Waals surface area (Å²) in [6.45, 7) is 18.9. The highest BCUT2D eigenvalue weighted by molar-refractivity contribution is 5.29. The van der Waals surface area contributed by atoms with Gasteiger partial charge in [0.2, 0.25) is 0 Å². The summed E-state index contributed by atoms with van der Waals surface area (Å²) in [5.41, 5.74) is 3.02. The van der Waals surface area contributed by atoms with Gasteiger partial charge in [-0.3, -0.25) is 4.90 Å². The van der Waals surface area contributed by atoms with Crippen molar-refractivity contribution >= 4 is 0 Å². The van der Waals surface area contributed by atoms with Gasteiger partial charge < -0.3 is 5.32 Å². The minimum Gasteiger partial charge on any atom is -0.309 e. The van der Waals surface area contributed by atoms with Crippen molar-refractivity contribution in [1.29, 1.82) is 0 Å². The van der Waals surface area contributed by atoms with Crippen LogP contribution in [0.4, 0.5) is 0 Å². The number of hydrogen-bond acceptors (Lipinski definition) is 2. The molecule has 120 valence electrons. The van der Waals surface area contributed by atoms with Crippen LogP contribution in [0.25, 0.3) is 0 Å². The fourth-order valence-corrected chi connectivity index (χ4v) is 2.69. The Hall–Kier alpha value is -0.860. The second-order valence-corrected chi connectivity index (χ2v) is 7.16.